The van der Waals surface area contributed by atoms with Crippen molar-refractivity contribution in [3.8, 4) is 0 Å². The van der Waals surface area contributed by atoms with Crippen LogP contribution in [0.25, 0.3) is 0 Å². The van der Waals surface area contributed by atoms with E-state index in [0.29, 0.717) is 6.42 Å². The van der Waals surface area contributed by atoms with Gasteiger partial charge in [-0.25, -0.2) is 4.39 Å². The lowest BCUT2D eigenvalue weighted by Gasteiger charge is -2.15. The van der Waals surface area contributed by atoms with Crippen LogP contribution >= 0.6 is 0 Å². The van der Waals surface area contributed by atoms with Crippen molar-refractivity contribution in [1.29, 1.82) is 0 Å². The predicted molar refractivity (Wildman–Crippen MR) is 54.8 cm³/mol. The molecule has 13 heavy (non-hydrogen) atoms. The minimum Gasteiger partial charge on any atom is -0.244 e. The van der Waals surface area contributed by atoms with E-state index < -0.39 is 5.67 Å². The van der Waals surface area contributed by atoms with Crippen LogP contribution < -0.4 is 0 Å². The summed E-state index contributed by atoms with van der Waals surface area (Å²) in [7, 11) is 0. The first-order chi connectivity index (χ1) is 5.88. The van der Waals surface area contributed by atoms with E-state index in [1.807, 2.05) is 19.1 Å². The highest BCUT2D eigenvalue weighted by atomic mass is 19.1. The van der Waals surface area contributed by atoms with Crippen LogP contribution in [0.2, 0.25) is 0 Å². The molecule has 0 spiro atoms. The van der Waals surface area contributed by atoms with Gasteiger partial charge in [0.1, 0.15) is 5.67 Å². The van der Waals surface area contributed by atoms with Crippen LogP contribution in [0.1, 0.15) is 30.5 Å². The van der Waals surface area contributed by atoms with Crippen LogP contribution in [0.3, 0.4) is 0 Å². The standard InChI is InChI=1S/C12H17F/c1-9-5-6-11(10(2)7-9)8-12(3,4)13/h5-7H,8H2,1-4H3. The molecule has 0 aromatic heterocycles. The summed E-state index contributed by atoms with van der Waals surface area (Å²) in [4.78, 5) is 0. The quantitative estimate of drug-likeness (QED) is 0.652. The first kappa shape index (κ1) is 10.2. The molecule has 72 valence electrons. The van der Waals surface area contributed by atoms with E-state index in [4.69, 9.17) is 0 Å². The molecule has 0 unspecified atom stereocenters. The normalized spacial score (nSPS) is 11.8. The van der Waals surface area contributed by atoms with E-state index in [9.17, 15) is 4.39 Å². The number of benzene rings is 1. The molecule has 0 atom stereocenters. The zero-order valence-corrected chi connectivity index (χ0v) is 8.82. The first-order valence-electron chi connectivity index (χ1n) is 4.63. The van der Waals surface area contributed by atoms with Gasteiger partial charge in [0.2, 0.25) is 0 Å². The number of hydrogen-bond donors (Lipinski definition) is 0. The summed E-state index contributed by atoms with van der Waals surface area (Å²) >= 11 is 0. The van der Waals surface area contributed by atoms with E-state index in [1.165, 1.54) is 11.1 Å². The Kier molecular flexibility index (Phi) is 2.74. The smallest absolute Gasteiger partial charge is 0.109 e. The minimum absolute atomic E-state index is 0.499. The van der Waals surface area contributed by atoms with Crippen LogP contribution in [0, 0.1) is 13.8 Å². The fraction of sp³-hybridized carbons (Fsp3) is 0.500. The molecule has 1 aromatic rings. The highest BCUT2D eigenvalue weighted by Gasteiger charge is 2.16. The average Bonchev–Trinajstić information content (AvgIpc) is 1.93. The molecule has 0 heterocycles. The number of halogens is 1. The molecule has 0 nitrogen and oxygen atoms in total. The fourth-order valence-corrected chi connectivity index (χ4v) is 1.50. The maximum atomic E-state index is 13.4. The van der Waals surface area contributed by atoms with Gasteiger partial charge in [0, 0.05) is 6.42 Å². The van der Waals surface area contributed by atoms with Crippen molar-refractivity contribution in [3.63, 3.8) is 0 Å². The highest BCUT2D eigenvalue weighted by molar-refractivity contribution is 5.31. The van der Waals surface area contributed by atoms with E-state index >= 15 is 0 Å². The SMILES string of the molecule is Cc1ccc(CC(C)(C)F)c(C)c1. The Balaban J connectivity index is 2.90. The Bertz CT molecular complexity index is 294. The van der Waals surface area contributed by atoms with E-state index in [2.05, 4.69) is 13.0 Å². The summed E-state index contributed by atoms with van der Waals surface area (Å²) in [5, 5.41) is 0. The van der Waals surface area contributed by atoms with Crippen LogP contribution in [0.4, 0.5) is 4.39 Å². The van der Waals surface area contributed by atoms with Crippen molar-refractivity contribution in [3.05, 3.63) is 34.9 Å². The molecule has 0 aliphatic heterocycles. The molecule has 0 aliphatic rings. The molecule has 0 fully saturated rings. The van der Waals surface area contributed by atoms with Crippen LogP contribution in [-0.2, 0) is 6.42 Å². The third-order valence-electron chi connectivity index (χ3n) is 2.11. The maximum Gasteiger partial charge on any atom is 0.109 e. The molecule has 0 amide bonds. The van der Waals surface area contributed by atoms with Crippen LogP contribution in [0.5, 0.6) is 0 Å². The van der Waals surface area contributed by atoms with Gasteiger partial charge in [0.25, 0.3) is 0 Å². The fourth-order valence-electron chi connectivity index (χ4n) is 1.50. The molecule has 1 heteroatoms. The number of aryl methyl sites for hydroxylation is 2. The first-order valence-corrected chi connectivity index (χ1v) is 4.63. The second-order valence-electron chi connectivity index (χ2n) is 4.33. The van der Waals surface area contributed by atoms with Gasteiger partial charge >= 0.3 is 0 Å². The molecule has 0 bridgehead atoms. The van der Waals surface area contributed by atoms with Gasteiger partial charge in [-0.2, -0.15) is 0 Å². The molecule has 0 saturated heterocycles. The lowest BCUT2D eigenvalue weighted by atomic mass is 9.95. The second kappa shape index (κ2) is 3.49. The molecule has 1 aromatic carbocycles. The largest absolute Gasteiger partial charge is 0.244 e. The second-order valence-corrected chi connectivity index (χ2v) is 4.33. The molecule has 0 N–H and O–H groups in total. The molecule has 1 rings (SSSR count). The number of hydrogen-bond acceptors (Lipinski definition) is 0. The van der Waals surface area contributed by atoms with Crippen molar-refractivity contribution in [1.82, 2.24) is 0 Å². The molecular weight excluding hydrogens is 163 g/mol. The molecular formula is C12H17F. The predicted octanol–water partition coefficient (Wildman–Crippen LogP) is 3.59. The summed E-state index contributed by atoms with van der Waals surface area (Å²) in [5.41, 5.74) is 2.42. The molecule has 0 saturated carbocycles. The Morgan fingerprint density at radius 3 is 2.31 bits per heavy atom. The van der Waals surface area contributed by atoms with Crippen molar-refractivity contribution < 1.29 is 4.39 Å². The van der Waals surface area contributed by atoms with Gasteiger partial charge in [0.05, 0.1) is 0 Å². The molecule has 0 aliphatic carbocycles. The van der Waals surface area contributed by atoms with E-state index in [-0.39, 0.29) is 0 Å². The van der Waals surface area contributed by atoms with Crippen molar-refractivity contribution in [2.45, 2.75) is 39.8 Å². The Morgan fingerprint density at radius 2 is 1.85 bits per heavy atom. The zero-order valence-electron chi connectivity index (χ0n) is 8.82. The van der Waals surface area contributed by atoms with Gasteiger partial charge in [-0.05, 0) is 38.8 Å². The maximum absolute atomic E-state index is 13.4. The monoisotopic (exact) mass is 180 g/mol. The molecule has 0 radical (unpaired) electrons. The van der Waals surface area contributed by atoms with Crippen LogP contribution in [0.15, 0.2) is 18.2 Å². The van der Waals surface area contributed by atoms with Crippen molar-refractivity contribution >= 4 is 0 Å². The topological polar surface area (TPSA) is 0 Å². The summed E-state index contributed by atoms with van der Waals surface area (Å²) in [6.07, 6.45) is 0.499. The highest BCUT2D eigenvalue weighted by Crippen LogP contribution is 2.20. The Morgan fingerprint density at radius 1 is 1.23 bits per heavy atom. The zero-order chi connectivity index (χ0) is 10.1. The van der Waals surface area contributed by atoms with Gasteiger partial charge in [-0.1, -0.05) is 23.8 Å². The third kappa shape index (κ3) is 3.17. The lowest BCUT2D eigenvalue weighted by Crippen LogP contribution is -2.16. The van der Waals surface area contributed by atoms with Gasteiger partial charge in [-0.3, -0.25) is 0 Å². The van der Waals surface area contributed by atoms with Crippen molar-refractivity contribution in [2.24, 2.45) is 0 Å². The van der Waals surface area contributed by atoms with Gasteiger partial charge in [-0.15, -0.1) is 0 Å². The van der Waals surface area contributed by atoms with E-state index in [1.54, 1.807) is 13.8 Å². The number of alkyl halides is 1. The third-order valence-corrected chi connectivity index (χ3v) is 2.11. The summed E-state index contributed by atoms with van der Waals surface area (Å²) in [6, 6.07) is 6.15. The average molecular weight is 180 g/mol. The van der Waals surface area contributed by atoms with E-state index in [0.717, 1.165) is 5.56 Å². The summed E-state index contributed by atoms with van der Waals surface area (Å²) in [5.74, 6) is 0. The Hall–Kier alpha value is -0.850. The lowest BCUT2D eigenvalue weighted by molar-refractivity contribution is 0.217. The summed E-state index contributed by atoms with van der Waals surface area (Å²) in [6.45, 7) is 7.32. The van der Waals surface area contributed by atoms with Gasteiger partial charge < -0.3 is 0 Å². The Labute approximate surface area is 79.8 Å². The van der Waals surface area contributed by atoms with Gasteiger partial charge in [0.15, 0.2) is 0 Å². The summed E-state index contributed by atoms with van der Waals surface area (Å²) < 4.78 is 13.4. The number of rotatable bonds is 2. The van der Waals surface area contributed by atoms with Crippen molar-refractivity contribution in [2.75, 3.05) is 0 Å². The minimum atomic E-state index is -1.11. The van der Waals surface area contributed by atoms with Crippen LogP contribution in [-0.4, -0.2) is 5.67 Å².